The zero-order valence-corrected chi connectivity index (χ0v) is 10.5. The quantitative estimate of drug-likeness (QED) is 0.656. The van der Waals surface area contributed by atoms with Crippen LogP contribution in [0.5, 0.6) is 0 Å². The third-order valence-corrected chi connectivity index (χ3v) is 3.57. The van der Waals surface area contributed by atoms with E-state index in [1.165, 1.54) is 25.7 Å². The van der Waals surface area contributed by atoms with Crippen molar-refractivity contribution >= 4 is 0 Å². The molecule has 0 atom stereocenters. The first-order chi connectivity index (χ1) is 7.17. The number of nitrogens with zero attached hydrogens (tertiary/aromatic N) is 1. The average Bonchev–Trinajstić information content (AvgIpc) is 2.26. The van der Waals surface area contributed by atoms with Crippen LogP contribution in [0.2, 0.25) is 0 Å². The van der Waals surface area contributed by atoms with Crippen molar-refractivity contribution in [2.45, 2.75) is 44.9 Å². The lowest BCUT2D eigenvalue weighted by Gasteiger charge is -2.34. The van der Waals surface area contributed by atoms with Gasteiger partial charge in [-0.15, -0.1) is 0 Å². The molecule has 1 rings (SSSR count). The van der Waals surface area contributed by atoms with E-state index in [4.69, 9.17) is 9.47 Å². The van der Waals surface area contributed by atoms with E-state index < -0.39 is 0 Å². The number of ether oxygens (including phenoxy) is 2. The van der Waals surface area contributed by atoms with Crippen molar-refractivity contribution in [3.8, 4) is 0 Å². The topological polar surface area (TPSA) is 21.7 Å². The van der Waals surface area contributed by atoms with Crippen LogP contribution >= 0.6 is 0 Å². The molecule has 1 saturated carbocycles. The monoisotopic (exact) mass is 215 g/mol. The predicted octanol–water partition coefficient (Wildman–Crippen LogP) is 2.12. The Morgan fingerprint density at radius 2 is 1.67 bits per heavy atom. The molecule has 0 heterocycles. The molecular weight excluding hydrogens is 190 g/mol. The van der Waals surface area contributed by atoms with Gasteiger partial charge < -0.3 is 9.47 Å². The molecular formula is C12H25NO2. The Morgan fingerprint density at radius 3 is 2.13 bits per heavy atom. The van der Waals surface area contributed by atoms with E-state index in [0.29, 0.717) is 6.04 Å². The Balaban J connectivity index is 2.30. The van der Waals surface area contributed by atoms with Crippen molar-refractivity contribution < 1.29 is 9.47 Å². The van der Waals surface area contributed by atoms with Crippen LogP contribution in [0.15, 0.2) is 0 Å². The molecule has 1 aliphatic rings. The van der Waals surface area contributed by atoms with Crippen LogP contribution in [0.25, 0.3) is 0 Å². The van der Waals surface area contributed by atoms with Crippen LogP contribution in [0, 0.1) is 5.92 Å². The Hall–Kier alpha value is -0.120. The Morgan fingerprint density at radius 1 is 1.13 bits per heavy atom. The smallest absolute Gasteiger partial charge is 0.169 e. The largest absolute Gasteiger partial charge is 0.355 e. The molecule has 0 radical (unpaired) electrons. The molecule has 0 aliphatic heterocycles. The van der Waals surface area contributed by atoms with E-state index in [1.54, 1.807) is 14.2 Å². The van der Waals surface area contributed by atoms with E-state index in [0.717, 1.165) is 12.5 Å². The van der Waals surface area contributed by atoms with Crippen LogP contribution < -0.4 is 0 Å². The summed E-state index contributed by atoms with van der Waals surface area (Å²) in [6, 6.07) is 0.717. The van der Waals surface area contributed by atoms with Crippen molar-refractivity contribution in [3.05, 3.63) is 0 Å². The maximum absolute atomic E-state index is 5.22. The predicted molar refractivity (Wildman–Crippen MR) is 61.9 cm³/mol. The van der Waals surface area contributed by atoms with Gasteiger partial charge in [-0.2, -0.15) is 0 Å². The fourth-order valence-corrected chi connectivity index (χ4v) is 2.31. The van der Waals surface area contributed by atoms with Crippen molar-refractivity contribution in [3.63, 3.8) is 0 Å². The maximum Gasteiger partial charge on any atom is 0.169 e. The fourth-order valence-electron chi connectivity index (χ4n) is 2.31. The van der Waals surface area contributed by atoms with Crippen LogP contribution in [0.4, 0.5) is 0 Å². The highest BCUT2D eigenvalue weighted by atomic mass is 16.7. The fraction of sp³-hybridized carbons (Fsp3) is 1.00. The van der Waals surface area contributed by atoms with Crippen molar-refractivity contribution in [1.29, 1.82) is 0 Å². The first-order valence-electron chi connectivity index (χ1n) is 5.93. The molecule has 0 saturated heterocycles. The number of hydrogen-bond donors (Lipinski definition) is 0. The number of methoxy groups -OCH3 is 2. The first-order valence-corrected chi connectivity index (χ1v) is 5.93. The molecule has 0 spiro atoms. The van der Waals surface area contributed by atoms with E-state index in [2.05, 4.69) is 18.9 Å². The maximum atomic E-state index is 5.22. The lowest BCUT2D eigenvalue weighted by atomic mass is 9.87. The van der Waals surface area contributed by atoms with Gasteiger partial charge in [-0.05, 0) is 38.6 Å². The molecule has 3 heteroatoms. The molecule has 0 aromatic rings. The number of likely N-dealkylation sites (N-methyl/N-ethyl adjacent to an activating group) is 1. The molecule has 15 heavy (non-hydrogen) atoms. The Bertz CT molecular complexity index is 163. The van der Waals surface area contributed by atoms with Gasteiger partial charge in [0.25, 0.3) is 0 Å². The molecule has 0 unspecified atom stereocenters. The van der Waals surface area contributed by atoms with Gasteiger partial charge in [-0.25, -0.2) is 0 Å². The minimum atomic E-state index is -0.0886. The second-order valence-corrected chi connectivity index (χ2v) is 4.75. The summed E-state index contributed by atoms with van der Waals surface area (Å²) >= 11 is 0. The second kappa shape index (κ2) is 6.46. The van der Waals surface area contributed by atoms with Crippen molar-refractivity contribution in [2.24, 2.45) is 5.92 Å². The second-order valence-electron chi connectivity index (χ2n) is 4.75. The third-order valence-electron chi connectivity index (χ3n) is 3.57. The van der Waals surface area contributed by atoms with Crippen molar-refractivity contribution in [2.75, 3.05) is 27.8 Å². The van der Waals surface area contributed by atoms with Gasteiger partial charge in [-0.3, -0.25) is 4.90 Å². The molecule has 0 N–H and O–H groups in total. The van der Waals surface area contributed by atoms with E-state index in [9.17, 15) is 0 Å². The Labute approximate surface area is 93.7 Å². The van der Waals surface area contributed by atoms with Crippen molar-refractivity contribution in [1.82, 2.24) is 4.90 Å². The standard InChI is InChI=1S/C12H25NO2/c1-10-5-7-11(8-6-10)13(2)9-12(14-3)15-4/h10-12H,5-9H2,1-4H3. The summed E-state index contributed by atoms with van der Waals surface area (Å²) in [5.41, 5.74) is 0. The van der Waals surface area contributed by atoms with Crippen LogP contribution in [0.3, 0.4) is 0 Å². The van der Waals surface area contributed by atoms with E-state index >= 15 is 0 Å². The van der Waals surface area contributed by atoms with Gasteiger partial charge in [0, 0.05) is 26.8 Å². The third kappa shape index (κ3) is 4.09. The van der Waals surface area contributed by atoms with Crippen LogP contribution in [0.1, 0.15) is 32.6 Å². The minimum absolute atomic E-state index is 0.0886. The first kappa shape index (κ1) is 12.9. The van der Waals surface area contributed by atoms with Crippen LogP contribution in [-0.4, -0.2) is 45.0 Å². The lowest BCUT2D eigenvalue weighted by Crippen LogP contribution is -2.40. The van der Waals surface area contributed by atoms with E-state index in [1.807, 2.05) is 0 Å². The van der Waals surface area contributed by atoms with Gasteiger partial charge in [0.2, 0.25) is 0 Å². The zero-order valence-electron chi connectivity index (χ0n) is 10.5. The molecule has 3 nitrogen and oxygen atoms in total. The molecule has 1 fully saturated rings. The summed E-state index contributed by atoms with van der Waals surface area (Å²) < 4.78 is 10.4. The summed E-state index contributed by atoms with van der Waals surface area (Å²) in [7, 11) is 5.57. The van der Waals surface area contributed by atoms with Gasteiger partial charge in [0.15, 0.2) is 6.29 Å². The number of rotatable bonds is 5. The SMILES string of the molecule is COC(CN(C)C1CCC(C)CC1)OC. The normalized spacial score (nSPS) is 27.6. The summed E-state index contributed by atoms with van der Waals surface area (Å²) in [5, 5.41) is 0. The summed E-state index contributed by atoms with van der Waals surface area (Å²) in [5.74, 6) is 0.912. The minimum Gasteiger partial charge on any atom is -0.355 e. The molecule has 0 amide bonds. The molecule has 0 bridgehead atoms. The summed E-state index contributed by atoms with van der Waals surface area (Å²) in [6.45, 7) is 3.22. The Kier molecular flexibility index (Phi) is 5.58. The van der Waals surface area contributed by atoms with Gasteiger partial charge in [0.1, 0.15) is 0 Å². The van der Waals surface area contributed by atoms with E-state index in [-0.39, 0.29) is 6.29 Å². The highest BCUT2D eigenvalue weighted by molar-refractivity contribution is 4.76. The molecule has 1 aliphatic carbocycles. The van der Waals surface area contributed by atoms with Gasteiger partial charge in [-0.1, -0.05) is 6.92 Å². The summed E-state index contributed by atoms with van der Waals surface area (Å²) in [4.78, 5) is 2.38. The van der Waals surface area contributed by atoms with Crippen LogP contribution in [-0.2, 0) is 9.47 Å². The summed E-state index contributed by atoms with van der Waals surface area (Å²) in [6.07, 6.45) is 5.27. The molecule has 90 valence electrons. The zero-order chi connectivity index (χ0) is 11.3. The average molecular weight is 215 g/mol. The lowest BCUT2D eigenvalue weighted by molar-refractivity contribution is -0.118. The molecule has 0 aromatic carbocycles. The van der Waals surface area contributed by atoms with Gasteiger partial charge >= 0.3 is 0 Å². The van der Waals surface area contributed by atoms with Gasteiger partial charge in [0.05, 0.1) is 0 Å². The molecule has 0 aromatic heterocycles. The highest BCUT2D eigenvalue weighted by Crippen LogP contribution is 2.26. The highest BCUT2D eigenvalue weighted by Gasteiger charge is 2.23. The number of hydrogen-bond acceptors (Lipinski definition) is 3.